The van der Waals surface area contributed by atoms with Gasteiger partial charge in [-0.25, -0.2) is 5.43 Å². The van der Waals surface area contributed by atoms with Crippen molar-refractivity contribution in [2.75, 3.05) is 7.11 Å². The van der Waals surface area contributed by atoms with Crippen LogP contribution in [-0.4, -0.2) is 23.8 Å². The highest BCUT2D eigenvalue weighted by atomic mass is 16.5. The predicted octanol–water partition coefficient (Wildman–Crippen LogP) is 2.67. The molecule has 0 radical (unpaired) electrons. The van der Waals surface area contributed by atoms with E-state index >= 15 is 0 Å². The summed E-state index contributed by atoms with van der Waals surface area (Å²) in [5.41, 5.74) is 4.73. The number of methoxy groups -OCH3 is 1. The largest absolute Gasteiger partial charge is 0.497 e. The number of carbonyl (C=O) groups excluding carboxylic acids is 1. The van der Waals surface area contributed by atoms with Gasteiger partial charge in [0.2, 0.25) is 0 Å². The molecule has 0 aliphatic heterocycles. The zero-order valence-corrected chi connectivity index (χ0v) is 13.6. The Kier molecular flexibility index (Phi) is 4.77. The third-order valence-corrected chi connectivity index (χ3v) is 3.74. The Morgan fingerprint density at radius 3 is 2.76 bits per heavy atom. The Bertz CT molecular complexity index is 965. The van der Waals surface area contributed by atoms with Crippen LogP contribution in [0.4, 0.5) is 0 Å². The fourth-order valence-electron chi connectivity index (χ4n) is 2.53. The maximum Gasteiger partial charge on any atom is 0.259 e. The van der Waals surface area contributed by atoms with Crippen LogP contribution in [-0.2, 0) is 11.3 Å². The second kappa shape index (κ2) is 7.32. The van der Waals surface area contributed by atoms with Crippen LogP contribution in [0, 0.1) is 11.3 Å². The highest BCUT2D eigenvalue weighted by molar-refractivity contribution is 5.88. The van der Waals surface area contributed by atoms with E-state index in [1.165, 1.54) is 0 Å². The molecule has 6 heteroatoms. The van der Waals surface area contributed by atoms with Crippen molar-refractivity contribution in [3.8, 4) is 11.8 Å². The van der Waals surface area contributed by atoms with E-state index in [9.17, 15) is 10.1 Å². The Labute approximate surface area is 144 Å². The number of amides is 1. The van der Waals surface area contributed by atoms with Gasteiger partial charge in [0.1, 0.15) is 18.4 Å². The molecule has 0 unspecified atom stereocenters. The van der Waals surface area contributed by atoms with Crippen LogP contribution in [0.1, 0.15) is 11.1 Å². The fourth-order valence-corrected chi connectivity index (χ4v) is 2.53. The van der Waals surface area contributed by atoms with Gasteiger partial charge in [-0.05, 0) is 35.9 Å². The van der Waals surface area contributed by atoms with Gasteiger partial charge in [0.25, 0.3) is 5.91 Å². The van der Waals surface area contributed by atoms with Crippen LogP contribution >= 0.6 is 0 Å². The molecule has 25 heavy (non-hydrogen) atoms. The number of nitriles is 1. The van der Waals surface area contributed by atoms with Crippen LogP contribution in [0.5, 0.6) is 5.75 Å². The first-order valence-electron chi connectivity index (χ1n) is 7.65. The Balaban J connectivity index is 1.66. The van der Waals surface area contributed by atoms with Gasteiger partial charge < -0.3 is 9.30 Å². The van der Waals surface area contributed by atoms with E-state index < -0.39 is 0 Å². The summed E-state index contributed by atoms with van der Waals surface area (Å²) in [6.45, 7) is 0.0855. The number of fused-ring (bicyclic) bond motifs is 1. The number of para-hydroxylation sites is 1. The molecule has 0 fully saturated rings. The second-order valence-electron chi connectivity index (χ2n) is 5.37. The Morgan fingerprint density at radius 1 is 1.28 bits per heavy atom. The molecule has 3 rings (SSSR count). The molecular formula is C19H16N4O2. The minimum Gasteiger partial charge on any atom is -0.497 e. The monoisotopic (exact) mass is 332 g/mol. The first-order valence-corrected chi connectivity index (χ1v) is 7.65. The van der Waals surface area contributed by atoms with Crippen molar-refractivity contribution in [2.24, 2.45) is 5.10 Å². The van der Waals surface area contributed by atoms with Crippen molar-refractivity contribution in [3.63, 3.8) is 0 Å². The number of hydrogen-bond donors (Lipinski definition) is 1. The molecule has 0 bridgehead atoms. The maximum atomic E-state index is 12.1. The zero-order valence-electron chi connectivity index (χ0n) is 13.6. The normalized spacial score (nSPS) is 10.7. The number of nitrogens with zero attached hydrogens (tertiary/aromatic N) is 3. The molecule has 0 spiro atoms. The summed E-state index contributed by atoms with van der Waals surface area (Å²) in [7, 11) is 1.60. The average Bonchev–Trinajstić information content (AvgIpc) is 3.00. The predicted molar refractivity (Wildman–Crippen MR) is 95.4 cm³/mol. The number of nitrogens with one attached hydrogen (secondary N) is 1. The second-order valence-corrected chi connectivity index (χ2v) is 5.37. The topological polar surface area (TPSA) is 79.4 Å². The van der Waals surface area contributed by atoms with E-state index in [1.807, 2.05) is 48.5 Å². The third-order valence-electron chi connectivity index (χ3n) is 3.74. The van der Waals surface area contributed by atoms with Crippen LogP contribution < -0.4 is 10.2 Å². The lowest BCUT2D eigenvalue weighted by Gasteiger charge is -2.04. The number of carbonyl (C=O) groups is 1. The quantitative estimate of drug-likeness (QED) is 0.576. The first-order chi connectivity index (χ1) is 12.2. The number of rotatable bonds is 5. The van der Waals surface area contributed by atoms with Gasteiger partial charge in [0, 0.05) is 17.1 Å². The van der Waals surface area contributed by atoms with Gasteiger partial charge in [-0.2, -0.15) is 10.4 Å². The Hall–Kier alpha value is -3.59. The highest BCUT2D eigenvalue weighted by Gasteiger charge is 2.10. The minimum atomic E-state index is -0.269. The molecular weight excluding hydrogens is 316 g/mol. The fraction of sp³-hybridized carbons (Fsp3) is 0.105. The molecule has 1 amide bonds. The van der Waals surface area contributed by atoms with Crippen LogP contribution in [0.15, 0.2) is 59.8 Å². The van der Waals surface area contributed by atoms with Crippen LogP contribution in [0.2, 0.25) is 0 Å². The van der Waals surface area contributed by atoms with Gasteiger partial charge >= 0.3 is 0 Å². The highest BCUT2D eigenvalue weighted by Crippen LogP contribution is 2.20. The molecule has 6 nitrogen and oxygen atoms in total. The summed E-state index contributed by atoms with van der Waals surface area (Å²) in [5, 5.41) is 14.0. The van der Waals surface area contributed by atoms with Crippen molar-refractivity contribution in [1.29, 1.82) is 5.26 Å². The smallest absolute Gasteiger partial charge is 0.259 e. The van der Waals surface area contributed by atoms with Crippen molar-refractivity contribution in [1.82, 2.24) is 9.99 Å². The molecule has 3 aromatic rings. The number of hydrazone groups is 1. The molecule has 1 aromatic heterocycles. The standard InChI is InChI=1S/C19H16N4O2/c1-25-16-8-6-14(7-9-16)11-21-22-19(24)13-23-12-15(10-20)17-4-2-3-5-18(17)23/h2-9,11-12H,13H2,1H3,(H,22,24). The van der Waals surface area contributed by atoms with E-state index in [0.717, 1.165) is 22.2 Å². The third kappa shape index (κ3) is 3.67. The van der Waals surface area contributed by atoms with E-state index in [-0.39, 0.29) is 12.5 Å². The lowest BCUT2D eigenvalue weighted by atomic mass is 10.2. The van der Waals surface area contributed by atoms with Crippen LogP contribution in [0.25, 0.3) is 10.9 Å². The van der Waals surface area contributed by atoms with Crippen molar-refractivity contribution in [2.45, 2.75) is 6.54 Å². The van der Waals surface area contributed by atoms with Crippen molar-refractivity contribution in [3.05, 3.63) is 65.9 Å². The molecule has 0 saturated carbocycles. The molecule has 0 saturated heterocycles. The van der Waals surface area contributed by atoms with Gasteiger partial charge in [0.15, 0.2) is 0 Å². The van der Waals surface area contributed by atoms with Crippen LogP contribution in [0.3, 0.4) is 0 Å². The van der Waals surface area contributed by atoms with Gasteiger partial charge in [-0.3, -0.25) is 4.79 Å². The maximum absolute atomic E-state index is 12.1. The molecule has 1 N–H and O–H groups in total. The van der Waals surface area contributed by atoms with Gasteiger partial charge in [-0.1, -0.05) is 18.2 Å². The zero-order chi connectivity index (χ0) is 17.6. The first kappa shape index (κ1) is 16.3. The molecule has 124 valence electrons. The summed E-state index contributed by atoms with van der Waals surface area (Å²) < 4.78 is 6.83. The van der Waals surface area contributed by atoms with Crippen molar-refractivity contribution < 1.29 is 9.53 Å². The van der Waals surface area contributed by atoms with Gasteiger partial charge in [0.05, 0.1) is 18.9 Å². The molecule has 2 aromatic carbocycles. The van der Waals surface area contributed by atoms with E-state index in [2.05, 4.69) is 16.6 Å². The summed E-state index contributed by atoms with van der Waals surface area (Å²) in [5.74, 6) is 0.490. The van der Waals surface area contributed by atoms with Gasteiger partial charge in [-0.15, -0.1) is 0 Å². The Morgan fingerprint density at radius 2 is 2.04 bits per heavy atom. The summed E-state index contributed by atoms with van der Waals surface area (Å²) in [6.07, 6.45) is 3.24. The number of ether oxygens (including phenoxy) is 1. The molecule has 0 aliphatic rings. The van der Waals surface area contributed by atoms with E-state index in [1.54, 1.807) is 24.1 Å². The number of aromatic nitrogens is 1. The molecule has 1 heterocycles. The number of hydrogen-bond acceptors (Lipinski definition) is 4. The average molecular weight is 332 g/mol. The summed E-state index contributed by atoms with van der Waals surface area (Å²) in [4.78, 5) is 12.1. The SMILES string of the molecule is COc1ccc(C=NNC(=O)Cn2cc(C#N)c3ccccc32)cc1. The lowest BCUT2D eigenvalue weighted by molar-refractivity contribution is -0.121. The van der Waals surface area contributed by atoms with E-state index in [4.69, 9.17) is 4.74 Å². The number of benzene rings is 2. The van der Waals surface area contributed by atoms with Crippen molar-refractivity contribution >= 4 is 23.0 Å². The summed E-state index contributed by atoms with van der Waals surface area (Å²) in [6, 6.07) is 16.9. The lowest BCUT2D eigenvalue weighted by Crippen LogP contribution is -2.22. The summed E-state index contributed by atoms with van der Waals surface area (Å²) >= 11 is 0. The van der Waals surface area contributed by atoms with E-state index in [0.29, 0.717) is 5.56 Å². The molecule has 0 aliphatic carbocycles. The minimum absolute atomic E-state index is 0.0855. The molecule has 0 atom stereocenters.